The lowest BCUT2D eigenvalue weighted by molar-refractivity contribution is 0.145. The molecule has 0 saturated heterocycles. The Morgan fingerprint density at radius 2 is 2.09 bits per heavy atom. The highest BCUT2D eigenvalue weighted by Crippen LogP contribution is 2.51. The molecule has 0 bridgehead atoms. The van der Waals surface area contributed by atoms with Crippen molar-refractivity contribution in [2.75, 3.05) is 13.2 Å². The lowest BCUT2D eigenvalue weighted by Crippen LogP contribution is -2.33. The first kappa shape index (κ1) is 15.1. The Hall–Kier alpha value is -1.81. The molecule has 1 saturated carbocycles. The van der Waals surface area contributed by atoms with Gasteiger partial charge in [0.15, 0.2) is 0 Å². The summed E-state index contributed by atoms with van der Waals surface area (Å²) in [6, 6.07) is 8.32. The smallest absolute Gasteiger partial charge is 0.407 e. The minimum atomic E-state index is -0.703. The van der Waals surface area contributed by atoms with Crippen molar-refractivity contribution in [2.24, 2.45) is 0 Å². The molecule has 0 aromatic heterocycles. The van der Waals surface area contributed by atoms with E-state index in [0.29, 0.717) is 6.61 Å². The molecular formula is C18H23NO3. The minimum absolute atomic E-state index is 0.0941. The number of ether oxygens (including phenoxy) is 1. The van der Waals surface area contributed by atoms with E-state index in [1.54, 1.807) is 6.92 Å². The van der Waals surface area contributed by atoms with E-state index in [0.717, 1.165) is 24.0 Å². The maximum Gasteiger partial charge on any atom is 0.407 e. The van der Waals surface area contributed by atoms with E-state index in [4.69, 9.17) is 4.74 Å². The van der Waals surface area contributed by atoms with E-state index in [1.807, 2.05) is 6.07 Å². The van der Waals surface area contributed by atoms with Crippen LogP contribution in [-0.2, 0) is 10.2 Å². The molecule has 1 aromatic carbocycles. The third-order valence-electron chi connectivity index (χ3n) is 4.78. The number of benzene rings is 1. The number of rotatable bonds is 4. The van der Waals surface area contributed by atoms with Gasteiger partial charge in [0, 0.05) is 5.41 Å². The number of hydrogen-bond donors (Lipinski definition) is 2. The Balaban J connectivity index is 1.80. The standard InChI is InChI=1S/C18H23NO3/c1-2-22-17(21)19-12-16(20)14-11-18(9-5-6-10-18)15-8-4-3-7-13(14)15/h3-4,7-8,11,16,20H,2,5-6,9-10,12H2,1H3,(H,19,21). The van der Waals surface area contributed by atoms with Gasteiger partial charge in [-0.3, -0.25) is 0 Å². The van der Waals surface area contributed by atoms with Gasteiger partial charge >= 0.3 is 6.09 Å². The Bertz CT molecular complexity index is 588. The summed E-state index contributed by atoms with van der Waals surface area (Å²) in [5.41, 5.74) is 3.49. The maximum absolute atomic E-state index is 11.4. The van der Waals surface area contributed by atoms with Crippen molar-refractivity contribution in [1.29, 1.82) is 0 Å². The van der Waals surface area contributed by atoms with Crippen LogP contribution < -0.4 is 5.32 Å². The van der Waals surface area contributed by atoms with Crippen LogP contribution in [0.3, 0.4) is 0 Å². The second-order valence-corrected chi connectivity index (χ2v) is 6.13. The minimum Gasteiger partial charge on any atom is -0.450 e. The number of amides is 1. The first-order chi connectivity index (χ1) is 10.7. The lowest BCUT2D eigenvalue weighted by Gasteiger charge is -2.22. The highest BCUT2D eigenvalue weighted by atomic mass is 16.5. The zero-order chi connectivity index (χ0) is 15.6. The second-order valence-electron chi connectivity index (χ2n) is 6.13. The van der Waals surface area contributed by atoms with Crippen molar-refractivity contribution in [1.82, 2.24) is 5.32 Å². The van der Waals surface area contributed by atoms with Gasteiger partial charge in [0.2, 0.25) is 0 Å². The fraction of sp³-hybridized carbons (Fsp3) is 0.500. The number of aliphatic hydroxyl groups excluding tert-OH is 1. The predicted molar refractivity (Wildman–Crippen MR) is 85.6 cm³/mol. The van der Waals surface area contributed by atoms with Crippen LogP contribution in [0.2, 0.25) is 0 Å². The third-order valence-corrected chi connectivity index (χ3v) is 4.78. The normalized spacial score (nSPS) is 19.6. The molecule has 1 amide bonds. The molecule has 1 spiro atoms. The highest BCUT2D eigenvalue weighted by molar-refractivity contribution is 5.79. The van der Waals surface area contributed by atoms with Gasteiger partial charge in [-0.25, -0.2) is 4.79 Å². The predicted octanol–water partition coefficient (Wildman–Crippen LogP) is 3.00. The molecule has 118 valence electrons. The number of alkyl carbamates (subject to hydrolysis) is 1. The fourth-order valence-corrected chi connectivity index (χ4v) is 3.79. The molecule has 1 aromatic rings. The molecule has 0 heterocycles. The lowest BCUT2D eigenvalue weighted by atomic mass is 9.81. The van der Waals surface area contributed by atoms with E-state index in [1.165, 1.54) is 18.4 Å². The van der Waals surface area contributed by atoms with E-state index in [2.05, 4.69) is 29.6 Å². The summed E-state index contributed by atoms with van der Waals surface area (Å²) < 4.78 is 4.84. The molecule has 4 heteroatoms. The van der Waals surface area contributed by atoms with E-state index in [9.17, 15) is 9.90 Å². The summed E-state index contributed by atoms with van der Waals surface area (Å²) in [5, 5.41) is 13.1. The average molecular weight is 301 g/mol. The summed E-state index contributed by atoms with van der Waals surface area (Å²) in [6.07, 6.45) is 5.80. The summed E-state index contributed by atoms with van der Waals surface area (Å²) >= 11 is 0. The van der Waals surface area contributed by atoms with Crippen LogP contribution in [0, 0.1) is 0 Å². The molecule has 0 radical (unpaired) electrons. The summed E-state index contributed by atoms with van der Waals surface area (Å²) in [5.74, 6) is 0. The van der Waals surface area contributed by atoms with Gasteiger partial charge in [-0.15, -0.1) is 0 Å². The van der Waals surface area contributed by atoms with Gasteiger partial charge in [-0.05, 0) is 36.5 Å². The van der Waals surface area contributed by atoms with E-state index < -0.39 is 12.2 Å². The average Bonchev–Trinajstić information content (AvgIpc) is 3.12. The Labute approximate surface area is 131 Å². The van der Waals surface area contributed by atoms with Crippen LogP contribution in [0.5, 0.6) is 0 Å². The third kappa shape index (κ3) is 2.63. The van der Waals surface area contributed by atoms with Crippen LogP contribution in [0.25, 0.3) is 5.57 Å². The number of hydrogen-bond acceptors (Lipinski definition) is 3. The molecule has 2 aliphatic carbocycles. The molecule has 2 aliphatic rings. The van der Waals surface area contributed by atoms with Crippen LogP contribution >= 0.6 is 0 Å². The van der Waals surface area contributed by atoms with Crippen LogP contribution in [0.15, 0.2) is 30.3 Å². The van der Waals surface area contributed by atoms with Gasteiger partial charge < -0.3 is 15.2 Å². The van der Waals surface area contributed by atoms with Crippen LogP contribution in [-0.4, -0.2) is 30.5 Å². The quantitative estimate of drug-likeness (QED) is 0.899. The number of fused-ring (bicyclic) bond motifs is 2. The molecule has 22 heavy (non-hydrogen) atoms. The van der Waals surface area contributed by atoms with E-state index >= 15 is 0 Å². The number of allylic oxidation sites excluding steroid dienone is 1. The molecule has 1 unspecified atom stereocenters. The monoisotopic (exact) mass is 301 g/mol. The Morgan fingerprint density at radius 3 is 2.82 bits per heavy atom. The van der Waals surface area contributed by atoms with Crippen molar-refractivity contribution in [3.8, 4) is 0 Å². The van der Waals surface area contributed by atoms with Crippen molar-refractivity contribution in [3.63, 3.8) is 0 Å². The van der Waals surface area contributed by atoms with Gasteiger partial charge in [0.25, 0.3) is 0 Å². The first-order valence-electron chi connectivity index (χ1n) is 8.07. The molecule has 1 fully saturated rings. The Kier molecular flexibility index (Phi) is 4.21. The number of carbonyl (C=O) groups excluding carboxylic acids is 1. The van der Waals surface area contributed by atoms with E-state index in [-0.39, 0.29) is 12.0 Å². The summed E-state index contributed by atoms with van der Waals surface area (Å²) in [4.78, 5) is 11.4. The summed E-state index contributed by atoms with van der Waals surface area (Å²) in [6.45, 7) is 2.27. The zero-order valence-electron chi connectivity index (χ0n) is 13.0. The van der Waals surface area contributed by atoms with Gasteiger partial charge in [-0.1, -0.05) is 43.2 Å². The summed E-state index contributed by atoms with van der Waals surface area (Å²) in [7, 11) is 0. The van der Waals surface area contributed by atoms with Gasteiger partial charge in [-0.2, -0.15) is 0 Å². The Morgan fingerprint density at radius 1 is 1.36 bits per heavy atom. The van der Waals surface area contributed by atoms with Crippen LogP contribution in [0.1, 0.15) is 43.7 Å². The topological polar surface area (TPSA) is 58.6 Å². The van der Waals surface area contributed by atoms with Crippen molar-refractivity contribution >= 4 is 11.7 Å². The SMILES string of the molecule is CCOC(=O)NCC(O)C1=CC2(CCCC2)c2ccccc21. The molecular weight excluding hydrogens is 278 g/mol. The van der Waals surface area contributed by atoms with Crippen LogP contribution in [0.4, 0.5) is 4.79 Å². The highest BCUT2D eigenvalue weighted by Gasteiger charge is 2.41. The van der Waals surface area contributed by atoms with Crippen molar-refractivity contribution < 1.29 is 14.6 Å². The van der Waals surface area contributed by atoms with Gasteiger partial charge in [0.05, 0.1) is 19.3 Å². The number of nitrogens with one attached hydrogen (secondary N) is 1. The molecule has 4 nitrogen and oxygen atoms in total. The molecule has 0 aliphatic heterocycles. The molecule has 2 N–H and O–H groups in total. The zero-order valence-corrected chi connectivity index (χ0v) is 13.0. The fourth-order valence-electron chi connectivity index (χ4n) is 3.79. The second kappa shape index (κ2) is 6.13. The number of carbonyl (C=O) groups is 1. The van der Waals surface area contributed by atoms with Crippen molar-refractivity contribution in [3.05, 3.63) is 41.5 Å². The first-order valence-corrected chi connectivity index (χ1v) is 8.07. The van der Waals surface area contributed by atoms with Crippen molar-refractivity contribution in [2.45, 2.75) is 44.1 Å². The van der Waals surface area contributed by atoms with Gasteiger partial charge in [0.1, 0.15) is 0 Å². The molecule has 1 atom stereocenters. The number of aliphatic hydroxyl groups is 1. The largest absolute Gasteiger partial charge is 0.450 e. The maximum atomic E-state index is 11.4. The molecule has 3 rings (SSSR count).